The predicted molar refractivity (Wildman–Crippen MR) is 205 cm³/mol. The number of carbonyl (C=O) groups excluding carboxylic acids is 3. The fraction of sp³-hybridized carbons (Fsp3) is 0.293. The zero-order valence-corrected chi connectivity index (χ0v) is 30.8. The molecule has 1 fully saturated rings. The number of ketones is 2. The van der Waals surface area contributed by atoms with Crippen LogP contribution in [0.4, 0.5) is 11.5 Å². The van der Waals surface area contributed by atoms with Crippen LogP contribution in [-0.4, -0.2) is 112 Å². The van der Waals surface area contributed by atoms with Crippen LogP contribution in [0.1, 0.15) is 60.9 Å². The minimum atomic E-state index is -1.54. The Morgan fingerprint density at radius 1 is 0.966 bits per heavy atom. The minimum Gasteiger partial charge on any atom is -0.504 e. The summed E-state index contributed by atoms with van der Waals surface area (Å²) in [4.78, 5) is 54.4. The molecule has 0 radical (unpaired) electrons. The Bertz CT molecular complexity index is 2450. The van der Waals surface area contributed by atoms with Gasteiger partial charge in [0.25, 0.3) is 11.7 Å². The molecule has 296 valence electrons. The number of aromatic nitrogens is 1. The molecule has 8 N–H and O–H groups in total. The number of quaternary nitrogens is 1. The number of nitrogen functional groups attached to an aromatic ring is 1. The maximum Gasteiger partial charge on any atom is 0.284 e. The van der Waals surface area contributed by atoms with Gasteiger partial charge in [0.15, 0.2) is 29.7 Å². The first kappa shape index (κ1) is 37.4. The molecule has 58 heavy (non-hydrogen) atoms. The molecule has 1 amide bonds. The predicted octanol–water partition coefficient (Wildman–Crippen LogP) is 0.542. The molecule has 2 bridgehead atoms. The van der Waals surface area contributed by atoms with Gasteiger partial charge in [0, 0.05) is 46.5 Å². The number of rotatable bonds is 6. The molecule has 7 atom stereocenters. The first-order valence-corrected chi connectivity index (χ1v) is 18.7. The SMILES string of the molecule is N=C1N=C2C(=NC[NH+]2c2ccccc2C2CCOCC3OC(Oc4c2cc2c(c4O)C(=O)c4ccccc4C2=O)C(OCCc2ccnc(N)c2)C(O)C3O)C(=O)N1. The highest BCUT2D eigenvalue weighted by atomic mass is 16.7. The number of ether oxygens (including phenoxy) is 4. The van der Waals surface area contributed by atoms with Crippen LogP contribution in [0.2, 0.25) is 0 Å². The number of para-hydroxylation sites is 1. The third-order valence-electron chi connectivity index (χ3n) is 11.0. The van der Waals surface area contributed by atoms with Crippen molar-refractivity contribution in [1.82, 2.24) is 10.3 Å². The highest BCUT2D eigenvalue weighted by Crippen LogP contribution is 2.48. The summed E-state index contributed by atoms with van der Waals surface area (Å²) in [5, 5.41) is 45.5. The van der Waals surface area contributed by atoms with Crippen molar-refractivity contribution < 1.29 is 53.6 Å². The fourth-order valence-electron chi connectivity index (χ4n) is 8.24. The van der Waals surface area contributed by atoms with Crippen molar-refractivity contribution in [2.24, 2.45) is 9.98 Å². The van der Waals surface area contributed by atoms with Gasteiger partial charge in [-0.05, 0) is 42.7 Å². The molecule has 1 aliphatic carbocycles. The standard InChI is InChI=1S/C41H37N7O10/c42-28-15-19(9-12-44-28)10-14-56-37-35(53)33(51)27-17-55-13-11-20(21-5-3-4-8-26(21)48-18-45-30-38(48)46-41(43)47-39(30)54)24-16-25-29(34(52)36(24)58-40(37)57-27)32(50)23-7-2-1-6-22(23)31(25)49/h1-9,12,15-16,20,27,33,35,37,40,51-53H,10-11,13-14,17-18H2,(H2,42,44)(H2,43,47,54)/p+1. The Labute approximate surface area is 330 Å². The normalized spacial score (nSPS) is 26.5. The van der Waals surface area contributed by atoms with Gasteiger partial charge in [-0.1, -0.05) is 42.5 Å². The van der Waals surface area contributed by atoms with Crippen LogP contribution in [-0.2, 0) is 25.4 Å². The molecule has 1 aromatic heterocycles. The first-order valence-electron chi connectivity index (χ1n) is 18.7. The van der Waals surface area contributed by atoms with E-state index in [1.807, 2.05) is 24.3 Å². The molecule has 4 aromatic rings. The number of phenols is 1. The van der Waals surface area contributed by atoms with Gasteiger partial charge in [0.2, 0.25) is 18.0 Å². The summed E-state index contributed by atoms with van der Waals surface area (Å²) in [6.45, 7) is 0.0475. The van der Waals surface area contributed by atoms with Crippen molar-refractivity contribution in [1.29, 1.82) is 5.41 Å². The number of nitrogens with zero attached hydrogens (tertiary/aromatic N) is 3. The Morgan fingerprint density at radius 2 is 1.74 bits per heavy atom. The number of benzene rings is 3. The van der Waals surface area contributed by atoms with E-state index in [-0.39, 0.29) is 84.0 Å². The quantitative estimate of drug-likeness (QED) is 0.125. The van der Waals surface area contributed by atoms with E-state index in [4.69, 9.17) is 30.1 Å². The van der Waals surface area contributed by atoms with Crippen molar-refractivity contribution in [2.75, 3.05) is 32.2 Å². The summed E-state index contributed by atoms with van der Waals surface area (Å²) in [5.41, 5.74) is 8.35. The van der Waals surface area contributed by atoms with Gasteiger partial charge in [-0.3, -0.25) is 25.1 Å². The molecular weight excluding hydrogens is 750 g/mol. The van der Waals surface area contributed by atoms with Gasteiger partial charge in [-0.15, -0.1) is 0 Å². The molecule has 3 aromatic carbocycles. The van der Waals surface area contributed by atoms with Gasteiger partial charge in [-0.25, -0.2) is 14.9 Å². The van der Waals surface area contributed by atoms with Crippen molar-refractivity contribution >= 4 is 46.5 Å². The molecule has 0 spiro atoms. The lowest BCUT2D eigenvalue weighted by molar-refractivity contribution is -0.723. The lowest BCUT2D eigenvalue weighted by Gasteiger charge is -2.42. The summed E-state index contributed by atoms with van der Waals surface area (Å²) in [7, 11) is 0. The Hall–Kier alpha value is -6.21. The van der Waals surface area contributed by atoms with E-state index < -0.39 is 59.8 Å². The van der Waals surface area contributed by atoms with Crippen molar-refractivity contribution in [2.45, 2.75) is 49.5 Å². The number of pyridine rings is 1. The lowest BCUT2D eigenvalue weighted by atomic mass is 9.79. The zero-order valence-electron chi connectivity index (χ0n) is 30.8. The number of nitrogens with two attached hydrogens (primary N) is 1. The molecule has 5 aliphatic rings. The van der Waals surface area contributed by atoms with Gasteiger partial charge >= 0.3 is 0 Å². The molecule has 7 unspecified atom stereocenters. The van der Waals surface area contributed by atoms with Crippen LogP contribution in [0.5, 0.6) is 11.5 Å². The number of carbonyl (C=O) groups is 3. The topological polar surface area (TPSA) is 253 Å². The molecular formula is C41H38N7O10+. The van der Waals surface area contributed by atoms with Crippen LogP contribution in [0, 0.1) is 5.41 Å². The second kappa shape index (κ2) is 14.9. The number of aliphatic imine (C=N–C) groups is 2. The van der Waals surface area contributed by atoms with Gasteiger partial charge in [0.1, 0.15) is 35.9 Å². The number of nitrogens with one attached hydrogen (secondary N) is 3. The second-order valence-electron chi connectivity index (χ2n) is 14.5. The van der Waals surface area contributed by atoms with Crippen LogP contribution in [0.3, 0.4) is 0 Å². The molecule has 17 nitrogen and oxygen atoms in total. The first-order chi connectivity index (χ1) is 28.1. The number of aliphatic hydroxyl groups excluding tert-OH is 2. The summed E-state index contributed by atoms with van der Waals surface area (Å²) < 4.78 is 25.1. The summed E-state index contributed by atoms with van der Waals surface area (Å²) in [6.07, 6.45) is -4.71. The Morgan fingerprint density at radius 3 is 2.55 bits per heavy atom. The van der Waals surface area contributed by atoms with Crippen molar-refractivity contribution in [3.05, 3.63) is 112 Å². The van der Waals surface area contributed by atoms with E-state index in [0.717, 1.165) is 5.56 Å². The molecule has 5 heterocycles. The van der Waals surface area contributed by atoms with Gasteiger partial charge < -0.3 is 40.0 Å². The third kappa shape index (κ3) is 6.43. The highest BCUT2D eigenvalue weighted by Gasteiger charge is 2.49. The van der Waals surface area contributed by atoms with Crippen molar-refractivity contribution in [3.8, 4) is 11.5 Å². The maximum absolute atomic E-state index is 14.2. The highest BCUT2D eigenvalue weighted by molar-refractivity contribution is 6.68. The molecule has 4 aliphatic heterocycles. The lowest BCUT2D eigenvalue weighted by Crippen LogP contribution is -3.09. The van der Waals surface area contributed by atoms with Crippen LogP contribution < -0.4 is 20.7 Å². The fourth-order valence-corrected chi connectivity index (χ4v) is 8.24. The number of guanidine groups is 1. The number of amides is 1. The number of aromatic hydroxyl groups is 1. The van der Waals surface area contributed by atoms with E-state index in [0.29, 0.717) is 28.4 Å². The largest absolute Gasteiger partial charge is 0.504 e. The maximum atomic E-state index is 14.2. The van der Waals surface area contributed by atoms with Crippen LogP contribution in [0.15, 0.2) is 82.9 Å². The van der Waals surface area contributed by atoms with Gasteiger partial charge in [-0.2, -0.15) is 4.99 Å². The van der Waals surface area contributed by atoms with E-state index in [1.165, 1.54) is 12.1 Å². The van der Waals surface area contributed by atoms with E-state index in [2.05, 4.69) is 20.3 Å². The summed E-state index contributed by atoms with van der Waals surface area (Å²) >= 11 is 0. The smallest absolute Gasteiger partial charge is 0.284 e. The molecule has 0 saturated carbocycles. The monoisotopic (exact) mass is 788 g/mol. The van der Waals surface area contributed by atoms with E-state index >= 15 is 0 Å². The second-order valence-corrected chi connectivity index (χ2v) is 14.5. The van der Waals surface area contributed by atoms with Gasteiger partial charge in [0.05, 0.1) is 18.8 Å². The molecule has 17 heteroatoms. The summed E-state index contributed by atoms with van der Waals surface area (Å²) in [6, 6.07) is 18.6. The number of hydrogen-bond donors (Lipinski definition) is 7. The summed E-state index contributed by atoms with van der Waals surface area (Å²) in [5.74, 6) is -2.89. The van der Waals surface area contributed by atoms with Crippen LogP contribution in [0.25, 0.3) is 0 Å². The Balaban J connectivity index is 1.18. The number of aliphatic hydroxyl groups is 2. The number of hydrogen-bond acceptors (Lipinski definition) is 14. The average Bonchev–Trinajstić information content (AvgIpc) is 3.63. The molecule has 9 rings (SSSR count). The zero-order chi connectivity index (χ0) is 40.2. The number of fused-ring (bicyclic) bond motifs is 6. The average molecular weight is 789 g/mol. The third-order valence-corrected chi connectivity index (χ3v) is 11.0. The number of anilines is 1. The Kier molecular flexibility index (Phi) is 9.63. The van der Waals surface area contributed by atoms with Crippen LogP contribution >= 0.6 is 0 Å². The number of amidine groups is 1. The van der Waals surface area contributed by atoms with E-state index in [1.54, 1.807) is 36.5 Å². The molecule has 1 saturated heterocycles. The van der Waals surface area contributed by atoms with E-state index in [9.17, 15) is 29.7 Å². The number of phenolic OH excluding ortho intramolecular Hbond substituents is 1. The minimum absolute atomic E-state index is 0.0349. The van der Waals surface area contributed by atoms with Crippen molar-refractivity contribution in [3.63, 3.8) is 0 Å².